The Labute approximate surface area is 212 Å². The van der Waals surface area contributed by atoms with Gasteiger partial charge in [-0.05, 0) is 47.6 Å². The average Bonchev–Trinajstić information content (AvgIpc) is 3.62. The van der Waals surface area contributed by atoms with E-state index in [0.29, 0.717) is 5.92 Å². The molecule has 36 heavy (non-hydrogen) atoms. The summed E-state index contributed by atoms with van der Waals surface area (Å²) in [6.07, 6.45) is 3.26. The molecular formula is C31H32N2O3. The number of rotatable bonds is 10. The number of benzene rings is 3. The number of nitrogens with zero attached hydrogens (tertiary/aromatic N) is 2. The molecule has 0 bridgehead atoms. The van der Waals surface area contributed by atoms with Gasteiger partial charge in [-0.2, -0.15) is 0 Å². The molecule has 1 fully saturated rings. The minimum atomic E-state index is -0.723. The van der Waals surface area contributed by atoms with E-state index in [0.717, 1.165) is 66.1 Å². The number of aliphatic carboxylic acids is 1. The zero-order chi connectivity index (χ0) is 25.1. The maximum Gasteiger partial charge on any atom is 0.314 e. The lowest BCUT2D eigenvalue weighted by atomic mass is 9.93. The van der Waals surface area contributed by atoms with Crippen molar-refractivity contribution in [2.24, 2.45) is 0 Å². The van der Waals surface area contributed by atoms with Gasteiger partial charge < -0.3 is 9.63 Å². The number of likely N-dealkylation sites (N-methyl/N-ethyl adjacent to an activating group) is 1. The fourth-order valence-electron chi connectivity index (χ4n) is 4.98. The van der Waals surface area contributed by atoms with Crippen molar-refractivity contribution >= 4 is 5.97 Å². The molecule has 1 heterocycles. The molecule has 1 N–H and O–H groups in total. The molecule has 5 heteroatoms. The summed E-state index contributed by atoms with van der Waals surface area (Å²) in [5.41, 5.74) is 5.80. The lowest BCUT2D eigenvalue weighted by Crippen LogP contribution is -2.27. The van der Waals surface area contributed by atoms with Crippen molar-refractivity contribution in [3.63, 3.8) is 0 Å². The summed E-state index contributed by atoms with van der Waals surface area (Å²) in [6.45, 7) is 7.14. The van der Waals surface area contributed by atoms with Gasteiger partial charge in [0.25, 0.3) is 0 Å². The molecule has 4 aromatic rings. The highest BCUT2D eigenvalue weighted by Crippen LogP contribution is 2.48. The van der Waals surface area contributed by atoms with E-state index in [9.17, 15) is 9.90 Å². The summed E-state index contributed by atoms with van der Waals surface area (Å²) in [5.74, 6) is 0.517. The van der Waals surface area contributed by atoms with Gasteiger partial charge in [0.2, 0.25) is 0 Å². The highest BCUT2D eigenvalue weighted by molar-refractivity contribution is 5.85. The van der Waals surface area contributed by atoms with Crippen LogP contribution in [0.3, 0.4) is 0 Å². The van der Waals surface area contributed by atoms with E-state index in [1.165, 1.54) is 5.56 Å². The molecule has 5 nitrogen and oxygen atoms in total. The second-order valence-corrected chi connectivity index (χ2v) is 9.86. The van der Waals surface area contributed by atoms with Crippen molar-refractivity contribution < 1.29 is 14.4 Å². The molecule has 1 aliphatic rings. The minimum absolute atomic E-state index is 0.436. The summed E-state index contributed by atoms with van der Waals surface area (Å²) in [6, 6.07) is 26.8. The van der Waals surface area contributed by atoms with E-state index in [1.54, 1.807) is 0 Å². The van der Waals surface area contributed by atoms with Crippen LogP contribution in [0.1, 0.15) is 49.3 Å². The maximum atomic E-state index is 11.6. The number of hydrogen-bond donors (Lipinski definition) is 1. The van der Waals surface area contributed by atoms with Crippen LogP contribution >= 0.6 is 0 Å². The molecule has 0 amide bonds. The first-order chi connectivity index (χ1) is 17.5. The second-order valence-electron chi connectivity index (χ2n) is 9.86. The van der Waals surface area contributed by atoms with Crippen LogP contribution in [0.4, 0.5) is 0 Å². The highest BCUT2D eigenvalue weighted by Gasteiger charge is 2.51. The van der Waals surface area contributed by atoms with Gasteiger partial charge in [0, 0.05) is 24.2 Å². The number of aromatic nitrogens is 1. The van der Waals surface area contributed by atoms with Crippen molar-refractivity contribution in [2.45, 2.75) is 44.6 Å². The fourth-order valence-corrected chi connectivity index (χ4v) is 4.98. The van der Waals surface area contributed by atoms with E-state index in [-0.39, 0.29) is 0 Å². The zero-order valence-corrected chi connectivity index (χ0v) is 20.9. The van der Waals surface area contributed by atoms with Crippen LogP contribution in [0.25, 0.3) is 22.5 Å². The van der Waals surface area contributed by atoms with Gasteiger partial charge in [-0.1, -0.05) is 97.9 Å². The van der Waals surface area contributed by atoms with E-state index in [2.05, 4.69) is 78.5 Å². The van der Waals surface area contributed by atoms with E-state index in [1.807, 2.05) is 30.5 Å². The largest absolute Gasteiger partial charge is 0.481 e. The van der Waals surface area contributed by atoms with E-state index < -0.39 is 11.4 Å². The Morgan fingerprint density at radius 1 is 0.972 bits per heavy atom. The maximum absolute atomic E-state index is 11.6. The Kier molecular flexibility index (Phi) is 6.75. The minimum Gasteiger partial charge on any atom is -0.481 e. The van der Waals surface area contributed by atoms with Crippen molar-refractivity contribution in [1.82, 2.24) is 10.1 Å². The zero-order valence-electron chi connectivity index (χ0n) is 20.9. The molecule has 1 aromatic heterocycles. The summed E-state index contributed by atoms with van der Waals surface area (Å²) >= 11 is 0. The molecule has 0 radical (unpaired) electrons. The van der Waals surface area contributed by atoms with Gasteiger partial charge in [-0.25, -0.2) is 0 Å². The Morgan fingerprint density at radius 3 is 2.17 bits per heavy atom. The predicted molar refractivity (Wildman–Crippen MR) is 142 cm³/mol. The lowest BCUT2D eigenvalue weighted by molar-refractivity contribution is -0.140. The Morgan fingerprint density at radius 2 is 1.58 bits per heavy atom. The van der Waals surface area contributed by atoms with Crippen LogP contribution < -0.4 is 0 Å². The standard InChI is InChI=1S/C31H32N2O3/c1-3-33(20-22(2)23-7-5-4-6-8-23)21-27-19-32-36-29(27)26-11-9-24(10-12-26)25-13-15-28(16-14-25)31(17-18-31)30(34)35/h4-16,19,22H,3,17-18,20-21H2,1-2H3,(H,34,35). The normalized spacial score (nSPS) is 15.1. The van der Waals surface area contributed by atoms with Crippen molar-refractivity contribution in [1.29, 1.82) is 0 Å². The molecule has 3 aromatic carbocycles. The predicted octanol–water partition coefficient (Wildman–Crippen LogP) is 6.75. The molecular weight excluding hydrogens is 448 g/mol. The number of hydrogen-bond acceptors (Lipinski definition) is 4. The quantitative estimate of drug-likeness (QED) is 0.272. The van der Waals surface area contributed by atoms with Crippen LogP contribution in [0.5, 0.6) is 0 Å². The van der Waals surface area contributed by atoms with E-state index in [4.69, 9.17) is 4.52 Å². The number of carboxylic acids is 1. The molecule has 1 atom stereocenters. The molecule has 1 unspecified atom stereocenters. The molecule has 1 saturated carbocycles. The molecule has 5 rings (SSSR count). The summed E-state index contributed by atoms with van der Waals surface area (Å²) in [5, 5.41) is 13.6. The molecule has 0 spiro atoms. The van der Waals surface area contributed by atoms with Crippen LogP contribution in [0.2, 0.25) is 0 Å². The summed E-state index contributed by atoms with van der Waals surface area (Å²) < 4.78 is 5.68. The first-order valence-electron chi connectivity index (χ1n) is 12.7. The van der Waals surface area contributed by atoms with Crippen molar-refractivity contribution in [3.8, 4) is 22.5 Å². The third kappa shape index (κ3) is 4.84. The lowest BCUT2D eigenvalue weighted by Gasteiger charge is -2.24. The van der Waals surface area contributed by atoms with Crippen LogP contribution in [0, 0.1) is 0 Å². The Balaban J connectivity index is 1.28. The van der Waals surface area contributed by atoms with Crippen LogP contribution in [-0.2, 0) is 16.8 Å². The number of carboxylic acid groups (broad SMARTS) is 1. The SMILES string of the molecule is CCN(Cc1cnoc1-c1ccc(-c2ccc(C3(C(=O)O)CC3)cc2)cc1)CC(C)c1ccccc1. The molecule has 0 saturated heterocycles. The summed E-state index contributed by atoms with van der Waals surface area (Å²) in [7, 11) is 0. The van der Waals surface area contributed by atoms with Gasteiger partial charge >= 0.3 is 5.97 Å². The first kappa shape index (κ1) is 24.0. The van der Waals surface area contributed by atoms with Gasteiger partial charge in [0.1, 0.15) is 0 Å². The van der Waals surface area contributed by atoms with Gasteiger partial charge in [-0.15, -0.1) is 0 Å². The average molecular weight is 481 g/mol. The smallest absolute Gasteiger partial charge is 0.314 e. The molecule has 184 valence electrons. The van der Waals surface area contributed by atoms with Gasteiger partial charge in [0.15, 0.2) is 5.76 Å². The monoisotopic (exact) mass is 480 g/mol. The Bertz CT molecular complexity index is 1310. The van der Waals surface area contributed by atoms with Crippen LogP contribution in [0.15, 0.2) is 89.6 Å². The molecule has 1 aliphatic carbocycles. The first-order valence-corrected chi connectivity index (χ1v) is 12.7. The topological polar surface area (TPSA) is 66.6 Å². The van der Waals surface area contributed by atoms with Crippen LogP contribution in [-0.4, -0.2) is 34.2 Å². The number of carbonyl (C=O) groups is 1. The van der Waals surface area contributed by atoms with Gasteiger partial charge in [0.05, 0.1) is 11.6 Å². The van der Waals surface area contributed by atoms with Crippen molar-refractivity contribution in [3.05, 3.63) is 102 Å². The third-order valence-electron chi connectivity index (χ3n) is 7.46. The van der Waals surface area contributed by atoms with Gasteiger partial charge in [-0.3, -0.25) is 9.69 Å². The molecule has 0 aliphatic heterocycles. The third-order valence-corrected chi connectivity index (χ3v) is 7.46. The van der Waals surface area contributed by atoms with E-state index >= 15 is 0 Å². The summed E-state index contributed by atoms with van der Waals surface area (Å²) in [4.78, 5) is 14.0. The second kappa shape index (κ2) is 10.1. The Hall–Kier alpha value is -3.70. The van der Waals surface area contributed by atoms with Crippen molar-refractivity contribution in [2.75, 3.05) is 13.1 Å². The highest BCUT2D eigenvalue weighted by atomic mass is 16.5. The fraction of sp³-hybridized carbons (Fsp3) is 0.290.